The van der Waals surface area contributed by atoms with Gasteiger partial charge in [0.25, 0.3) is 0 Å². The van der Waals surface area contributed by atoms with Crippen molar-refractivity contribution in [1.82, 2.24) is 9.97 Å². The van der Waals surface area contributed by atoms with E-state index in [0.717, 1.165) is 17.8 Å². The minimum Gasteiger partial charge on any atom is -0.383 e. The Balaban J connectivity index is 2.92. The molecule has 0 radical (unpaired) electrons. The van der Waals surface area contributed by atoms with Crippen LogP contribution in [0.5, 0.6) is 0 Å². The van der Waals surface area contributed by atoms with Crippen LogP contribution < -0.4 is 4.90 Å². The van der Waals surface area contributed by atoms with Crippen molar-refractivity contribution in [3.8, 4) is 0 Å². The van der Waals surface area contributed by atoms with Crippen LogP contribution in [0.4, 0.5) is 5.95 Å². The van der Waals surface area contributed by atoms with Crippen molar-refractivity contribution >= 4 is 17.5 Å². The molecule has 1 unspecified atom stereocenters. The van der Waals surface area contributed by atoms with Crippen LogP contribution in [-0.2, 0) is 15.4 Å². The first kappa shape index (κ1) is 16.1. The zero-order chi connectivity index (χ0) is 14.3. The van der Waals surface area contributed by atoms with Crippen molar-refractivity contribution < 1.29 is 9.47 Å². The second kappa shape index (κ2) is 8.30. The van der Waals surface area contributed by atoms with E-state index in [1.807, 2.05) is 6.92 Å². The fraction of sp³-hybridized carbons (Fsp3) is 0.692. The fourth-order valence-electron chi connectivity index (χ4n) is 1.79. The quantitative estimate of drug-likeness (QED) is 0.685. The fourth-order valence-corrected chi connectivity index (χ4v) is 2.05. The SMILES string of the molecule is COCCN(c1ncc(CCl)c(C)n1)C(C)COC. The maximum absolute atomic E-state index is 5.83. The number of aromatic nitrogens is 2. The Morgan fingerprint density at radius 3 is 2.63 bits per heavy atom. The Labute approximate surface area is 119 Å². The van der Waals surface area contributed by atoms with E-state index >= 15 is 0 Å². The van der Waals surface area contributed by atoms with Gasteiger partial charge in [0.15, 0.2) is 0 Å². The summed E-state index contributed by atoms with van der Waals surface area (Å²) >= 11 is 5.83. The summed E-state index contributed by atoms with van der Waals surface area (Å²) in [6.07, 6.45) is 1.78. The highest BCUT2D eigenvalue weighted by molar-refractivity contribution is 6.17. The first-order chi connectivity index (χ1) is 9.13. The summed E-state index contributed by atoms with van der Waals surface area (Å²) in [5.74, 6) is 1.12. The van der Waals surface area contributed by atoms with Crippen molar-refractivity contribution in [2.45, 2.75) is 25.8 Å². The van der Waals surface area contributed by atoms with E-state index in [-0.39, 0.29) is 6.04 Å². The van der Waals surface area contributed by atoms with Crippen LogP contribution in [0, 0.1) is 6.92 Å². The number of halogens is 1. The maximum Gasteiger partial charge on any atom is 0.225 e. The van der Waals surface area contributed by atoms with Gasteiger partial charge >= 0.3 is 0 Å². The van der Waals surface area contributed by atoms with E-state index in [1.54, 1.807) is 20.4 Å². The minimum atomic E-state index is 0.182. The molecule has 0 aliphatic carbocycles. The molecule has 0 fully saturated rings. The average molecular weight is 288 g/mol. The van der Waals surface area contributed by atoms with Crippen molar-refractivity contribution in [3.63, 3.8) is 0 Å². The van der Waals surface area contributed by atoms with Gasteiger partial charge in [0.05, 0.1) is 25.1 Å². The molecule has 0 aliphatic heterocycles. The molecular formula is C13H22ClN3O2. The largest absolute Gasteiger partial charge is 0.383 e. The molecule has 1 heterocycles. The number of aryl methyl sites for hydroxylation is 1. The van der Waals surface area contributed by atoms with Crippen molar-refractivity contribution in [2.75, 3.05) is 38.9 Å². The number of methoxy groups -OCH3 is 2. The number of ether oxygens (including phenoxy) is 2. The molecule has 108 valence electrons. The van der Waals surface area contributed by atoms with Gasteiger partial charge in [-0.3, -0.25) is 0 Å². The van der Waals surface area contributed by atoms with Gasteiger partial charge in [-0.15, -0.1) is 11.6 Å². The van der Waals surface area contributed by atoms with E-state index < -0.39 is 0 Å². The topological polar surface area (TPSA) is 47.5 Å². The molecule has 1 aromatic rings. The van der Waals surface area contributed by atoms with Crippen molar-refractivity contribution in [3.05, 3.63) is 17.5 Å². The molecular weight excluding hydrogens is 266 g/mol. The molecule has 0 spiro atoms. The molecule has 1 rings (SSSR count). The lowest BCUT2D eigenvalue weighted by Crippen LogP contribution is -2.40. The van der Waals surface area contributed by atoms with Gasteiger partial charge in [-0.2, -0.15) is 0 Å². The van der Waals surface area contributed by atoms with Crippen molar-refractivity contribution in [2.24, 2.45) is 0 Å². The van der Waals surface area contributed by atoms with E-state index in [4.69, 9.17) is 21.1 Å². The molecule has 0 N–H and O–H groups in total. The molecule has 19 heavy (non-hydrogen) atoms. The van der Waals surface area contributed by atoms with E-state index in [2.05, 4.69) is 21.8 Å². The Morgan fingerprint density at radius 1 is 1.37 bits per heavy atom. The highest BCUT2D eigenvalue weighted by atomic mass is 35.5. The predicted molar refractivity (Wildman–Crippen MR) is 76.9 cm³/mol. The number of anilines is 1. The van der Waals surface area contributed by atoms with Gasteiger partial charge in [0, 0.05) is 38.2 Å². The Bertz CT molecular complexity index is 390. The van der Waals surface area contributed by atoms with Crippen LogP contribution in [0.2, 0.25) is 0 Å². The van der Waals surface area contributed by atoms with E-state index in [9.17, 15) is 0 Å². The molecule has 0 saturated carbocycles. The summed E-state index contributed by atoms with van der Waals surface area (Å²) in [6, 6.07) is 0.182. The third kappa shape index (κ3) is 4.60. The van der Waals surface area contributed by atoms with E-state index in [0.29, 0.717) is 25.0 Å². The van der Waals surface area contributed by atoms with Crippen LogP contribution in [-0.4, -0.2) is 50.0 Å². The molecule has 0 bridgehead atoms. The average Bonchev–Trinajstić information content (AvgIpc) is 2.39. The molecule has 1 atom stereocenters. The predicted octanol–water partition coefficient (Wildman–Crippen LogP) is 2.01. The third-order valence-electron chi connectivity index (χ3n) is 2.95. The standard InChI is InChI=1S/C13H22ClN3O2/c1-10(9-19-4)17(5-6-18-3)13-15-8-12(7-14)11(2)16-13/h8,10H,5-7,9H2,1-4H3. The summed E-state index contributed by atoms with van der Waals surface area (Å²) in [6.45, 7) is 5.98. The summed E-state index contributed by atoms with van der Waals surface area (Å²) in [5.41, 5.74) is 1.86. The maximum atomic E-state index is 5.83. The highest BCUT2D eigenvalue weighted by Crippen LogP contribution is 2.15. The highest BCUT2D eigenvalue weighted by Gasteiger charge is 2.17. The Morgan fingerprint density at radius 2 is 2.11 bits per heavy atom. The molecule has 0 amide bonds. The second-order valence-corrected chi connectivity index (χ2v) is 4.67. The third-order valence-corrected chi connectivity index (χ3v) is 3.23. The monoisotopic (exact) mass is 287 g/mol. The van der Waals surface area contributed by atoms with Gasteiger partial charge in [-0.25, -0.2) is 9.97 Å². The molecule has 1 aromatic heterocycles. The number of hydrogen-bond acceptors (Lipinski definition) is 5. The van der Waals surface area contributed by atoms with Gasteiger partial charge in [-0.1, -0.05) is 0 Å². The lowest BCUT2D eigenvalue weighted by molar-refractivity contribution is 0.170. The number of hydrogen-bond donors (Lipinski definition) is 0. The van der Waals surface area contributed by atoms with Crippen LogP contribution in [0.25, 0.3) is 0 Å². The lowest BCUT2D eigenvalue weighted by atomic mass is 10.2. The summed E-state index contributed by atoms with van der Waals surface area (Å²) in [7, 11) is 3.37. The lowest BCUT2D eigenvalue weighted by Gasteiger charge is -2.28. The molecule has 0 aromatic carbocycles. The summed E-state index contributed by atoms with van der Waals surface area (Å²) < 4.78 is 10.3. The molecule has 5 nitrogen and oxygen atoms in total. The number of nitrogens with zero attached hydrogens (tertiary/aromatic N) is 3. The van der Waals surface area contributed by atoms with Gasteiger partial charge in [-0.05, 0) is 13.8 Å². The van der Waals surface area contributed by atoms with Gasteiger partial charge in [0.2, 0.25) is 5.95 Å². The first-order valence-corrected chi connectivity index (χ1v) is 6.80. The van der Waals surface area contributed by atoms with Crippen LogP contribution in [0.15, 0.2) is 6.20 Å². The smallest absolute Gasteiger partial charge is 0.225 e. The molecule has 6 heteroatoms. The Kier molecular flexibility index (Phi) is 7.05. The van der Waals surface area contributed by atoms with E-state index in [1.165, 1.54) is 0 Å². The zero-order valence-corrected chi connectivity index (χ0v) is 12.8. The van der Waals surface area contributed by atoms with Crippen molar-refractivity contribution in [1.29, 1.82) is 0 Å². The number of alkyl halides is 1. The summed E-state index contributed by atoms with van der Waals surface area (Å²) in [4.78, 5) is 11.0. The van der Waals surface area contributed by atoms with Crippen LogP contribution in [0.3, 0.4) is 0 Å². The van der Waals surface area contributed by atoms with Gasteiger partial charge < -0.3 is 14.4 Å². The first-order valence-electron chi connectivity index (χ1n) is 6.27. The van der Waals surface area contributed by atoms with Crippen LogP contribution in [0.1, 0.15) is 18.2 Å². The zero-order valence-electron chi connectivity index (χ0n) is 12.0. The molecule has 0 aliphatic rings. The normalized spacial score (nSPS) is 12.5. The van der Waals surface area contributed by atoms with Crippen LogP contribution >= 0.6 is 11.6 Å². The van der Waals surface area contributed by atoms with Gasteiger partial charge in [0.1, 0.15) is 0 Å². The second-order valence-electron chi connectivity index (χ2n) is 4.40. The Hall–Kier alpha value is -0.910. The number of rotatable bonds is 8. The summed E-state index contributed by atoms with van der Waals surface area (Å²) in [5, 5.41) is 0. The molecule has 0 saturated heterocycles. The minimum absolute atomic E-state index is 0.182.